The molecule has 1 spiro atoms. The number of nitrogens with zero attached hydrogens (tertiary/aromatic N) is 1. The van der Waals surface area contributed by atoms with Crippen LogP contribution < -0.4 is 11.1 Å². The maximum absolute atomic E-state index is 11.0. The fourth-order valence-corrected chi connectivity index (χ4v) is 3.76. The van der Waals surface area contributed by atoms with Gasteiger partial charge in [0.05, 0.1) is 0 Å². The predicted octanol–water partition coefficient (Wildman–Crippen LogP) is 3.61. The molecule has 27 heavy (non-hydrogen) atoms. The van der Waals surface area contributed by atoms with Crippen LogP contribution in [0.2, 0.25) is 0 Å². The van der Waals surface area contributed by atoms with Gasteiger partial charge in [0.15, 0.2) is 0 Å². The first-order valence-corrected chi connectivity index (χ1v) is 10.1. The Hall–Kier alpha value is -2.01. The Morgan fingerprint density at radius 2 is 1.81 bits per heavy atom. The lowest BCUT2D eigenvalue weighted by Gasteiger charge is -2.53. The van der Waals surface area contributed by atoms with Crippen molar-refractivity contribution >= 4 is 6.29 Å². The van der Waals surface area contributed by atoms with Crippen molar-refractivity contribution in [1.29, 1.82) is 0 Å². The minimum atomic E-state index is 0.390. The van der Waals surface area contributed by atoms with E-state index in [4.69, 9.17) is 10.5 Å². The summed E-state index contributed by atoms with van der Waals surface area (Å²) < 4.78 is 5.50. The topological polar surface area (TPSA) is 67.6 Å². The molecule has 0 amide bonds. The Labute approximate surface area is 164 Å². The summed E-state index contributed by atoms with van der Waals surface area (Å²) in [6.45, 7) is 14.1. The molecule has 5 nitrogen and oxygen atoms in total. The summed E-state index contributed by atoms with van der Waals surface area (Å²) in [5, 5.41) is 3.40. The number of aldehydes is 1. The molecule has 0 saturated carbocycles. The van der Waals surface area contributed by atoms with Crippen LogP contribution in [0.1, 0.15) is 52.9 Å². The Morgan fingerprint density at radius 3 is 2.33 bits per heavy atom. The number of carbonyl (C=O) groups excluding carboxylic acids is 1. The fourth-order valence-electron chi connectivity index (χ4n) is 3.76. The molecular weight excluding hydrogens is 338 g/mol. The SMILES string of the molecule is C=C(N/C(=C/C=C(/C=O)CC)CC)/C(CC)=C(/N)N1CC2(CCOCC2)C1. The third-order valence-corrected chi connectivity index (χ3v) is 5.72. The van der Waals surface area contributed by atoms with Crippen LogP contribution >= 0.6 is 0 Å². The standard InChI is InChI=1S/C22H35N3O2/c1-5-18(14-26)8-9-19(6-2)24-17(4)20(7-3)21(23)25-15-22(16-25)10-12-27-13-11-22/h8-9,14,24H,4-7,10-13,15-16,23H2,1-3H3/b18-8+,19-9+,21-20-. The van der Waals surface area contributed by atoms with Crippen molar-refractivity contribution in [3.05, 3.63) is 47.1 Å². The number of likely N-dealkylation sites (tertiary alicyclic amines) is 1. The Kier molecular flexibility index (Phi) is 7.72. The van der Waals surface area contributed by atoms with Crippen molar-refractivity contribution < 1.29 is 9.53 Å². The van der Waals surface area contributed by atoms with Crippen molar-refractivity contribution in [3.8, 4) is 0 Å². The van der Waals surface area contributed by atoms with Gasteiger partial charge in [0, 0.05) is 48.7 Å². The summed E-state index contributed by atoms with van der Waals surface area (Å²) >= 11 is 0. The maximum Gasteiger partial charge on any atom is 0.146 e. The minimum absolute atomic E-state index is 0.390. The van der Waals surface area contributed by atoms with E-state index in [9.17, 15) is 4.79 Å². The van der Waals surface area contributed by atoms with Crippen LogP contribution in [0.15, 0.2) is 47.1 Å². The van der Waals surface area contributed by atoms with Crippen LogP contribution in [0.3, 0.4) is 0 Å². The molecular formula is C22H35N3O2. The second kappa shape index (κ2) is 9.79. The second-order valence-electron chi connectivity index (χ2n) is 7.55. The number of rotatable bonds is 9. The molecule has 0 aromatic carbocycles. The predicted molar refractivity (Wildman–Crippen MR) is 111 cm³/mol. The zero-order valence-corrected chi connectivity index (χ0v) is 17.1. The van der Waals surface area contributed by atoms with E-state index in [2.05, 4.69) is 30.6 Å². The maximum atomic E-state index is 11.0. The van der Waals surface area contributed by atoms with Crippen LogP contribution in [0.4, 0.5) is 0 Å². The highest BCUT2D eigenvalue weighted by molar-refractivity contribution is 5.73. The van der Waals surface area contributed by atoms with Gasteiger partial charge in [0.1, 0.15) is 12.1 Å². The molecule has 0 aromatic rings. The molecule has 2 fully saturated rings. The Balaban J connectivity index is 2.05. The van der Waals surface area contributed by atoms with Crippen LogP contribution in [-0.4, -0.2) is 37.5 Å². The molecule has 0 unspecified atom stereocenters. The molecule has 0 radical (unpaired) electrons. The van der Waals surface area contributed by atoms with Gasteiger partial charge in [0.2, 0.25) is 0 Å². The highest BCUT2D eigenvalue weighted by atomic mass is 16.5. The lowest BCUT2D eigenvalue weighted by molar-refractivity contribution is -0.105. The van der Waals surface area contributed by atoms with Gasteiger partial charge in [-0.05, 0) is 43.8 Å². The van der Waals surface area contributed by atoms with Gasteiger partial charge in [-0.15, -0.1) is 0 Å². The second-order valence-corrected chi connectivity index (χ2v) is 7.55. The van der Waals surface area contributed by atoms with Gasteiger partial charge in [-0.3, -0.25) is 4.79 Å². The number of ether oxygens (including phenoxy) is 1. The normalized spacial score (nSPS) is 20.8. The van der Waals surface area contributed by atoms with E-state index in [1.807, 2.05) is 19.1 Å². The fraction of sp³-hybridized carbons (Fsp3) is 0.591. The van der Waals surface area contributed by atoms with E-state index < -0.39 is 0 Å². The summed E-state index contributed by atoms with van der Waals surface area (Å²) in [5.74, 6) is 0.834. The summed E-state index contributed by atoms with van der Waals surface area (Å²) in [4.78, 5) is 13.2. The molecule has 0 atom stereocenters. The third-order valence-electron chi connectivity index (χ3n) is 5.72. The molecule has 2 saturated heterocycles. The number of nitrogens with one attached hydrogen (secondary N) is 1. The number of nitrogens with two attached hydrogens (primary N) is 1. The van der Waals surface area contributed by atoms with Crippen LogP contribution in [0, 0.1) is 5.41 Å². The highest BCUT2D eigenvalue weighted by Gasteiger charge is 2.44. The monoisotopic (exact) mass is 373 g/mol. The van der Waals surface area contributed by atoms with Crippen LogP contribution in [-0.2, 0) is 9.53 Å². The van der Waals surface area contributed by atoms with Crippen molar-refractivity contribution in [2.75, 3.05) is 26.3 Å². The molecule has 2 aliphatic rings. The molecule has 0 aromatic heterocycles. The number of hydrogen-bond donors (Lipinski definition) is 2. The van der Waals surface area contributed by atoms with E-state index in [1.54, 1.807) is 0 Å². The molecule has 2 rings (SSSR count). The Bertz CT molecular complexity index is 632. The quantitative estimate of drug-likeness (QED) is 0.367. The van der Waals surface area contributed by atoms with Crippen molar-refractivity contribution in [3.63, 3.8) is 0 Å². The summed E-state index contributed by atoms with van der Waals surface area (Å²) in [5.41, 5.74) is 10.6. The molecule has 2 heterocycles. The number of allylic oxidation sites excluding steroid dienone is 5. The van der Waals surface area contributed by atoms with Gasteiger partial charge in [-0.25, -0.2) is 0 Å². The molecule has 0 aliphatic carbocycles. The largest absolute Gasteiger partial charge is 0.385 e. The van der Waals surface area contributed by atoms with E-state index in [1.165, 1.54) is 0 Å². The smallest absolute Gasteiger partial charge is 0.146 e. The summed E-state index contributed by atoms with van der Waals surface area (Å²) in [6.07, 6.45) is 9.38. The van der Waals surface area contributed by atoms with Gasteiger partial charge in [0.25, 0.3) is 0 Å². The van der Waals surface area contributed by atoms with Crippen molar-refractivity contribution in [1.82, 2.24) is 10.2 Å². The van der Waals surface area contributed by atoms with E-state index >= 15 is 0 Å². The minimum Gasteiger partial charge on any atom is -0.385 e. The molecule has 0 bridgehead atoms. The summed E-state index contributed by atoms with van der Waals surface area (Å²) in [6, 6.07) is 0. The number of carbonyl (C=O) groups is 1. The summed E-state index contributed by atoms with van der Waals surface area (Å²) in [7, 11) is 0. The van der Waals surface area contributed by atoms with E-state index in [-0.39, 0.29) is 0 Å². The van der Waals surface area contributed by atoms with Crippen molar-refractivity contribution in [2.45, 2.75) is 52.9 Å². The average molecular weight is 374 g/mol. The lowest BCUT2D eigenvalue weighted by Crippen LogP contribution is -2.59. The molecule has 2 aliphatic heterocycles. The van der Waals surface area contributed by atoms with Gasteiger partial charge < -0.3 is 20.7 Å². The third kappa shape index (κ3) is 5.25. The molecule has 3 N–H and O–H groups in total. The number of hydrogen-bond acceptors (Lipinski definition) is 5. The van der Waals surface area contributed by atoms with Crippen LogP contribution in [0.25, 0.3) is 0 Å². The molecule has 5 heteroatoms. The van der Waals surface area contributed by atoms with Gasteiger partial charge in [-0.2, -0.15) is 0 Å². The van der Waals surface area contributed by atoms with Crippen molar-refractivity contribution in [2.24, 2.45) is 11.1 Å². The van der Waals surface area contributed by atoms with Gasteiger partial charge in [-0.1, -0.05) is 33.4 Å². The zero-order valence-electron chi connectivity index (χ0n) is 17.1. The Morgan fingerprint density at radius 1 is 1.15 bits per heavy atom. The van der Waals surface area contributed by atoms with E-state index in [0.29, 0.717) is 5.41 Å². The van der Waals surface area contributed by atoms with Gasteiger partial charge >= 0.3 is 0 Å². The highest BCUT2D eigenvalue weighted by Crippen LogP contribution is 2.41. The average Bonchev–Trinajstić information content (AvgIpc) is 2.66. The first-order valence-electron chi connectivity index (χ1n) is 10.1. The molecule has 150 valence electrons. The first kappa shape index (κ1) is 21.3. The zero-order chi connectivity index (χ0) is 19.9. The van der Waals surface area contributed by atoms with E-state index in [0.717, 1.165) is 93.1 Å². The lowest BCUT2D eigenvalue weighted by atomic mass is 9.73. The first-order chi connectivity index (χ1) is 13.0. The van der Waals surface area contributed by atoms with Crippen LogP contribution in [0.5, 0.6) is 0 Å².